The predicted molar refractivity (Wildman–Crippen MR) is 105 cm³/mol. The lowest BCUT2D eigenvalue weighted by Crippen LogP contribution is -2.46. The number of fused-ring (bicyclic) bond motifs is 3. The number of hydrogen-bond acceptors (Lipinski definition) is 8. The number of carboxylic acid groups (broad SMARTS) is 2. The Morgan fingerprint density at radius 2 is 1.77 bits per heavy atom. The van der Waals surface area contributed by atoms with Crippen molar-refractivity contribution in [3.63, 3.8) is 0 Å². The minimum Gasteiger partial charge on any atom is -0.473 e. The summed E-state index contributed by atoms with van der Waals surface area (Å²) >= 11 is 0. The maximum Gasteiger partial charge on any atom is 0.414 e. The third-order valence-electron chi connectivity index (χ3n) is 5.31. The van der Waals surface area contributed by atoms with E-state index in [9.17, 15) is 4.79 Å². The van der Waals surface area contributed by atoms with Gasteiger partial charge in [0.2, 0.25) is 5.89 Å². The number of ether oxygens (including phenoxy) is 1. The summed E-state index contributed by atoms with van der Waals surface area (Å²) in [5, 5.41) is 21.3. The van der Waals surface area contributed by atoms with Crippen molar-refractivity contribution in [1.82, 2.24) is 15.0 Å². The third kappa shape index (κ3) is 6.97. The van der Waals surface area contributed by atoms with Crippen LogP contribution in [-0.4, -0.2) is 69.0 Å². The van der Waals surface area contributed by atoms with Gasteiger partial charge in [-0.05, 0) is 49.8 Å². The fourth-order valence-electron chi connectivity index (χ4n) is 3.86. The van der Waals surface area contributed by atoms with Gasteiger partial charge in [-0.2, -0.15) is 4.98 Å². The van der Waals surface area contributed by atoms with Crippen LogP contribution in [-0.2, 0) is 14.3 Å². The number of carbonyl (C=O) groups excluding carboxylic acids is 1. The molecule has 4 heterocycles. The van der Waals surface area contributed by atoms with Crippen LogP contribution in [0.4, 0.5) is 10.7 Å². The maximum atomic E-state index is 12.0. The molecule has 1 atom stereocenters. The quantitative estimate of drug-likeness (QED) is 0.554. The normalized spacial score (nSPS) is 22.2. The lowest BCUT2D eigenvalue weighted by molar-refractivity contribution is -0.159. The number of carbonyl (C=O) groups is 3. The summed E-state index contributed by atoms with van der Waals surface area (Å²) in [6.45, 7) is 7.49. The summed E-state index contributed by atoms with van der Waals surface area (Å²) in [5.41, 5.74) is 0. The number of nitrogens with zero attached hydrogens (tertiary/aromatic N) is 3. The summed E-state index contributed by atoms with van der Waals surface area (Å²) in [6.07, 6.45) is 5.56. The summed E-state index contributed by atoms with van der Waals surface area (Å²) in [6, 6.07) is 0. The van der Waals surface area contributed by atoms with Gasteiger partial charge in [-0.1, -0.05) is 26.7 Å². The number of anilines is 1. The van der Waals surface area contributed by atoms with Gasteiger partial charge in [0, 0.05) is 6.54 Å². The highest BCUT2D eigenvalue weighted by molar-refractivity contribution is 6.27. The summed E-state index contributed by atoms with van der Waals surface area (Å²) in [5.74, 6) is -1.89. The first kappa shape index (κ1) is 23.6. The van der Waals surface area contributed by atoms with Crippen molar-refractivity contribution in [2.75, 3.05) is 25.0 Å². The summed E-state index contributed by atoms with van der Waals surface area (Å²) in [7, 11) is 0. The van der Waals surface area contributed by atoms with E-state index in [-0.39, 0.29) is 12.1 Å². The molecular formula is C19H30N4O7. The van der Waals surface area contributed by atoms with Crippen LogP contribution >= 0.6 is 0 Å². The zero-order valence-electron chi connectivity index (χ0n) is 17.4. The smallest absolute Gasteiger partial charge is 0.414 e. The van der Waals surface area contributed by atoms with Gasteiger partial charge in [0.1, 0.15) is 6.10 Å². The molecule has 3 saturated heterocycles. The Morgan fingerprint density at radius 3 is 2.23 bits per heavy atom. The molecule has 3 N–H and O–H groups in total. The number of amides is 1. The van der Waals surface area contributed by atoms with Crippen molar-refractivity contribution in [3.8, 4) is 0 Å². The van der Waals surface area contributed by atoms with Crippen LogP contribution in [0.15, 0.2) is 4.52 Å². The first-order chi connectivity index (χ1) is 14.3. The second-order valence-electron chi connectivity index (χ2n) is 7.54. The van der Waals surface area contributed by atoms with E-state index in [0.717, 1.165) is 32.2 Å². The molecule has 11 heteroatoms. The zero-order chi connectivity index (χ0) is 22.1. The SMILES string of the molecule is CCCC(CCC)OC(=O)Nc1noc(C2CN3CCC2CC3)n1.O=C(O)C(=O)O. The van der Waals surface area contributed by atoms with Gasteiger partial charge in [-0.25, -0.2) is 14.4 Å². The summed E-state index contributed by atoms with van der Waals surface area (Å²) in [4.78, 5) is 37.0. The number of nitrogens with one attached hydrogen (secondary N) is 1. The van der Waals surface area contributed by atoms with E-state index in [1.807, 2.05) is 0 Å². The molecule has 0 radical (unpaired) electrons. The minimum atomic E-state index is -1.82. The van der Waals surface area contributed by atoms with Crippen molar-refractivity contribution >= 4 is 24.0 Å². The highest BCUT2D eigenvalue weighted by atomic mass is 16.6. The molecule has 1 aromatic heterocycles. The number of rotatable bonds is 7. The Morgan fingerprint density at radius 1 is 1.17 bits per heavy atom. The molecule has 3 fully saturated rings. The van der Waals surface area contributed by atoms with Crippen LogP contribution in [0, 0.1) is 5.92 Å². The Hall–Kier alpha value is -2.69. The maximum absolute atomic E-state index is 12.0. The largest absolute Gasteiger partial charge is 0.473 e. The number of hydrogen-bond donors (Lipinski definition) is 3. The van der Waals surface area contributed by atoms with Crippen LogP contribution in [0.2, 0.25) is 0 Å². The van der Waals surface area contributed by atoms with Crippen molar-refractivity contribution in [1.29, 1.82) is 0 Å². The van der Waals surface area contributed by atoms with Crippen molar-refractivity contribution < 1.29 is 33.9 Å². The van der Waals surface area contributed by atoms with Crippen LogP contribution in [0.1, 0.15) is 64.2 Å². The second-order valence-corrected chi connectivity index (χ2v) is 7.54. The molecule has 0 aliphatic carbocycles. The van der Waals surface area contributed by atoms with Crippen LogP contribution < -0.4 is 5.32 Å². The van der Waals surface area contributed by atoms with Crippen LogP contribution in [0.3, 0.4) is 0 Å². The van der Waals surface area contributed by atoms with Crippen LogP contribution in [0.5, 0.6) is 0 Å². The van der Waals surface area contributed by atoms with Gasteiger partial charge in [0.15, 0.2) is 0 Å². The molecule has 3 aliphatic heterocycles. The van der Waals surface area contributed by atoms with Gasteiger partial charge < -0.3 is 24.4 Å². The minimum absolute atomic E-state index is 0.0479. The molecule has 4 rings (SSSR count). The highest BCUT2D eigenvalue weighted by Crippen LogP contribution is 2.38. The second kappa shape index (κ2) is 11.5. The number of carboxylic acids is 2. The third-order valence-corrected chi connectivity index (χ3v) is 5.31. The molecule has 3 aliphatic rings. The van der Waals surface area contributed by atoms with E-state index in [2.05, 4.69) is 34.2 Å². The number of piperidine rings is 3. The molecule has 11 nitrogen and oxygen atoms in total. The van der Waals surface area contributed by atoms with Crippen molar-refractivity contribution in [2.24, 2.45) is 5.92 Å². The topological polar surface area (TPSA) is 155 Å². The molecule has 30 heavy (non-hydrogen) atoms. The van der Waals surface area contributed by atoms with E-state index < -0.39 is 18.0 Å². The number of aliphatic carboxylic acids is 2. The molecule has 1 unspecified atom stereocenters. The van der Waals surface area contributed by atoms with Gasteiger partial charge in [-0.3, -0.25) is 5.32 Å². The van der Waals surface area contributed by atoms with Crippen molar-refractivity contribution in [2.45, 2.75) is 64.4 Å². The average Bonchev–Trinajstić information content (AvgIpc) is 3.18. The number of aromatic nitrogens is 2. The molecular weight excluding hydrogens is 396 g/mol. The lowest BCUT2D eigenvalue weighted by atomic mass is 9.79. The molecule has 168 valence electrons. The Labute approximate surface area is 174 Å². The lowest BCUT2D eigenvalue weighted by Gasteiger charge is -2.43. The Kier molecular flexibility index (Phi) is 9.03. The molecule has 1 aromatic rings. The van der Waals surface area contributed by atoms with E-state index in [1.54, 1.807) is 0 Å². The molecule has 0 spiro atoms. The first-order valence-electron chi connectivity index (χ1n) is 10.3. The van der Waals surface area contributed by atoms with Crippen LogP contribution in [0.25, 0.3) is 0 Å². The average molecular weight is 426 g/mol. The molecule has 0 saturated carbocycles. The summed E-state index contributed by atoms with van der Waals surface area (Å²) < 4.78 is 10.9. The standard InChI is InChI=1S/C17H28N4O3.C2H2O4/c1-3-5-13(6-4-2)23-17(22)19-16-18-15(24-20-16)14-11-21-9-7-12(14)8-10-21;3-1(4)2(5)6/h12-14H,3-11H2,1-2H3,(H,19,20,22);(H,3,4)(H,5,6). The highest BCUT2D eigenvalue weighted by Gasteiger charge is 2.38. The molecule has 2 bridgehead atoms. The van der Waals surface area contributed by atoms with Gasteiger partial charge in [0.05, 0.1) is 5.92 Å². The van der Waals surface area contributed by atoms with E-state index >= 15 is 0 Å². The van der Waals surface area contributed by atoms with Crippen molar-refractivity contribution in [3.05, 3.63) is 5.89 Å². The molecule has 1 amide bonds. The van der Waals surface area contributed by atoms with E-state index in [4.69, 9.17) is 29.1 Å². The monoisotopic (exact) mass is 426 g/mol. The predicted octanol–water partition coefficient (Wildman–Crippen LogP) is 2.55. The van der Waals surface area contributed by atoms with E-state index in [0.29, 0.717) is 17.7 Å². The Balaban J connectivity index is 0.000000469. The fourth-order valence-corrected chi connectivity index (χ4v) is 3.86. The Bertz CT molecular complexity index is 697. The first-order valence-corrected chi connectivity index (χ1v) is 10.3. The fraction of sp³-hybridized carbons (Fsp3) is 0.737. The van der Waals surface area contributed by atoms with Gasteiger partial charge in [-0.15, -0.1) is 0 Å². The van der Waals surface area contributed by atoms with Gasteiger partial charge >= 0.3 is 18.0 Å². The molecule has 0 aromatic carbocycles. The van der Waals surface area contributed by atoms with E-state index in [1.165, 1.54) is 25.9 Å². The zero-order valence-corrected chi connectivity index (χ0v) is 17.4. The van der Waals surface area contributed by atoms with Gasteiger partial charge in [0.25, 0.3) is 5.95 Å².